The van der Waals surface area contributed by atoms with Gasteiger partial charge in [-0.1, -0.05) is 35.5 Å². The Hall–Kier alpha value is -1.72. The topological polar surface area (TPSA) is 43.2 Å². The third-order valence-electron chi connectivity index (χ3n) is 6.43. The lowest BCUT2D eigenvalue weighted by Gasteiger charge is -2.37. The highest BCUT2D eigenvalue weighted by atomic mass is 16.5. The smallest absolute Gasteiger partial charge is 0.113 e. The molecule has 2 aromatic rings. The zero-order valence-corrected chi connectivity index (χ0v) is 15.5. The van der Waals surface area contributed by atoms with Crippen LogP contribution in [0.25, 0.3) is 11.3 Å². The molecule has 4 atom stereocenters. The van der Waals surface area contributed by atoms with Crippen molar-refractivity contribution in [3.63, 3.8) is 0 Å². The summed E-state index contributed by atoms with van der Waals surface area (Å²) in [5.74, 6) is 2.34. The third-order valence-corrected chi connectivity index (χ3v) is 6.43. The normalized spacial score (nSPS) is 31.9. The second-order valence-electron chi connectivity index (χ2n) is 8.55. The van der Waals surface area contributed by atoms with Crippen LogP contribution in [0.5, 0.6) is 0 Å². The Bertz CT molecular complexity index is 741. The van der Waals surface area contributed by atoms with Crippen LogP contribution in [0.3, 0.4) is 0 Å². The van der Waals surface area contributed by atoms with Crippen molar-refractivity contribution in [3.8, 4) is 11.3 Å². The molecule has 0 amide bonds. The quantitative estimate of drug-likeness (QED) is 0.828. The molecular formula is C21H28N4O. The van der Waals surface area contributed by atoms with Crippen molar-refractivity contribution in [1.29, 1.82) is 0 Å². The summed E-state index contributed by atoms with van der Waals surface area (Å²) in [5, 5.41) is 8.97. The van der Waals surface area contributed by atoms with Gasteiger partial charge in [-0.2, -0.15) is 0 Å². The van der Waals surface area contributed by atoms with Crippen LogP contribution in [0, 0.1) is 17.8 Å². The van der Waals surface area contributed by atoms with Crippen molar-refractivity contribution < 1.29 is 4.74 Å². The molecule has 2 heterocycles. The molecule has 5 heteroatoms. The molecule has 0 bridgehead atoms. The van der Waals surface area contributed by atoms with Gasteiger partial charge in [0.15, 0.2) is 0 Å². The standard InChI is InChI=1S/C21H28N4O/c1-24-11-17-9-20(21(10-18(17)12-24)26-14-15-7-8-15)25-13-19(22-23-25)16-5-3-2-4-6-16/h2-6,13,15,17-18,20-21H,7-12,14H2,1H3/t17-,18+,20-,21-/m1/s1. The average Bonchev–Trinajstić information content (AvgIpc) is 3.22. The molecule has 5 rings (SSSR count). The van der Waals surface area contributed by atoms with Crippen LogP contribution in [0.15, 0.2) is 36.5 Å². The maximum absolute atomic E-state index is 6.43. The van der Waals surface area contributed by atoms with E-state index in [9.17, 15) is 0 Å². The highest BCUT2D eigenvalue weighted by molar-refractivity contribution is 5.57. The van der Waals surface area contributed by atoms with E-state index in [-0.39, 0.29) is 6.10 Å². The lowest BCUT2D eigenvalue weighted by molar-refractivity contribution is -0.0375. The molecule has 26 heavy (non-hydrogen) atoms. The number of fused-ring (bicyclic) bond motifs is 1. The predicted octanol–water partition coefficient (Wildman–Crippen LogP) is 3.25. The van der Waals surface area contributed by atoms with Crippen molar-refractivity contribution in [2.24, 2.45) is 17.8 Å². The molecule has 0 N–H and O–H groups in total. The second kappa shape index (κ2) is 6.78. The summed E-state index contributed by atoms with van der Waals surface area (Å²) in [6.07, 6.45) is 7.39. The van der Waals surface area contributed by atoms with Gasteiger partial charge in [0.2, 0.25) is 0 Å². The Morgan fingerprint density at radius 3 is 2.62 bits per heavy atom. The minimum Gasteiger partial charge on any atom is -0.376 e. The number of benzene rings is 1. The minimum atomic E-state index is 0.272. The third kappa shape index (κ3) is 3.30. The first-order valence-corrected chi connectivity index (χ1v) is 10.0. The highest BCUT2D eigenvalue weighted by Crippen LogP contribution is 2.43. The molecule has 1 aliphatic heterocycles. The van der Waals surface area contributed by atoms with E-state index in [1.54, 1.807) is 0 Å². The molecule has 0 unspecified atom stereocenters. The first kappa shape index (κ1) is 16.5. The molecule has 138 valence electrons. The largest absolute Gasteiger partial charge is 0.376 e. The van der Waals surface area contributed by atoms with E-state index in [0.717, 1.165) is 48.5 Å². The van der Waals surface area contributed by atoms with E-state index in [1.807, 2.05) is 6.07 Å². The van der Waals surface area contributed by atoms with Crippen LogP contribution < -0.4 is 0 Å². The van der Waals surface area contributed by atoms with E-state index in [1.165, 1.54) is 25.9 Å². The van der Waals surface area contributed by atoms with E-state index < -0.39 is 0 Å². The lowest BCUT2D eigenvalue weighted by Crippen LogP contribution is -2.38. The second-order valence-corrected chi connectivity index (χ2v) is 8.55. The molecule has 3 aliphatic rings. The molecule has 3 fully saturated rings. The van der Waals surface area contributed by atoms with Crippen LogP contribution in [-0.4, -0.2) is 52.7 Å². The summed E-state index contributed by atoms with van der Waals surface area (Å²) in [6.45, 7) is 3.35. The monoisotopic (exact) mass is 352 g/mol. The van der Waals surface area contributed by atoms with E-state index in [2.05, 4.69) is 57.4 Å². The summed E-state index contributed by atoms with van der Waals surface area (Å²) < 4.78 is 8.52. The fourth-order valence-electron chi connectivity index (χ4n) is 4.81. The maximum Gasteiger partial charge on any atom is 0.113 e. The Morgan fingerprint density at radius 1 is 1.08 bits per heavy atom. The fourth-order valence-corrected chi connectivity index (χ4v) is 4.81. The number of hydrogen-bond acceptors (Lipinski definition) is 4. The summed E-state index contributed by atoms with van der Waals surface area (Å²) in [5.41, 5.74) is 2.08. The molecule has 1 saturated heterocycles. The fraction of sp³-hybridized carbons (Fsp3) is 0.619. The maximum atomic E-state index is 6.43. The van der Waals surface area contributed by atoms with Gasteiger partial charge >= 0.3 is 0 Å². The van der Waals surface area contributed by atoms with E-state index >= 15 is 0 Å². The van der Waals surface area contributed by atoms with Crippen LogP contribution >= 0.6 is 0 Å². The number of hydrogen-bond donors (Lipinski definition) is 0. The van der Waals surface area contributed by atoms with Gasteiger partial charge in [0.25, 0.3) is 0 Å². The van der Waals surface area contributed by atoms with Crippen LogP contribution in [-0.2, 0) is 4.74 Å². The molecule has 0 radical (unpaired) electrons. The zero-order chi connectivity index (χ0) is 17.5. The Balaban J connectivity index is 1.38. The number of nitrogens with zero attached hydrogens (tertiary/aromatic N) is 4. The number of likely N-dealkylation sites (tertiary alicyclic amines) is 1. The summed E-state index contributed by atoms with van der Waals surface area (Å²) in [4.78, 5) is 2.48. The lowest BCUT2D eigenvalue weighted by atomic mass is 9.77. The number of ether oxygens (including phenoxy) is 1. The molecular weight excluding hydrogens is 324 g/mol. The first-order chi connectivity index (χ1) is 12.8. The SMILES string of the molecule is CN1C[C@H]2C[C@@H](n3cc(-c4ccccc4)nn3)[C@H](OCC3CC3)C[C@H]2C1. The Morgan fingerprint density at radius 2 is 1.85 bits per heavy atom. The summed E-state index contributed by atoms with van der Waals surface area (Å²) in [6, 6.07) is 10.6. The molecule has 5 nitrogen and oxygen atoms in total. The van der Waals surface area contributed by atoms with E-state index in [0.29, 0.717) is 6.04 Å². The molecule has 0 spiro atoms. The van der Waals surface area contributed by atoms with Gasteiger partial charge in [-0.25, -0.2) is 4.68 Å². The van der Waals surface area contributed by atoms with Gasteiger partial charge in [0.1, 0.15) is 5.69 Å². The van der Waals surface area contributed by atoms with Gasteiger partial charge in [-0.3, -0.25) is 0 Å². The molecule has 1 aromatic carbocycles. The Kier molecular flexibility index (Phi) is 4.29. The average molecular weight is 352 g/mol. The highest BCUT2D eigenvalue weighted by Gasteiger charge is 2.43. The van der Waals surface area contributed by atoms with Crippen molar-refractivity contribution in [1.82, 2.24) is 19.9 Å². The van der Waals surface area contributed by atoms with Crippen molar-refractivity contribution in [2.75, 3.05) is 26.7 Å². The van der Waals surface area contributed by atoms with Crippen LogP contribution in [0.2, 0.25) is 0 Å². The van der Waals surface area contributed by atoms with Crippen molar-refractivity contribution in [3.05, 3.63) is 36.5 Å². The van der Waals surface area contributed by atoms with Gasteiger partial charge in [-0.05, 0) is 50.5 Å². The minimum absolute atomic E-state index is 0.272. The van der Waals surface area contributed by atoms with Gasteiger partial charge in [-0.15, -0.1) is 5.10 Å². The van der Waals surface area contributed by atoms with Crippen molar-refractivity contribution in [2.45, 2.75) is 37.8 Å². The zero-order valence-electron chi connectivity index (χ0n) is 15.5. The summed E-state index contributed by atoms with van der Waals surface area (Å²) >= 11 is 0. The van der Waals surface area contributed by atoms with Crippen molar-refractivity contribution >= 4 is 0 Å². The Labute approximate surface area is 155 Å². The van der Waals surface area contributed by atoms with Gasteiger partial charge in [0.05, 0.1) is 18.3 Å². The van der Waals surface area contributed by atoms with Gasteiger partial charge in [0, 0.05) is 25.3 Å². The van der Waals surface area contributed by atoms with Crippen LogP contribution in [0.1, 0.15) is 31.7 Å². The number of aromatic nitrogens is 3. The van der Waals surface area contributed by atoms with Crippen LogP contribution in [0.4, 0.5) is 0 Å². The predicted molar refractivity (Wildman–Crippen MR) is 101 cm³/mol. The van der Waals surface area contributed by atoms with E-state index in [4.69, 9.17) is 4.74 Å². The first-order valence-electron chi connectivity index (χ1n) is 10.0. The summed E-state index contributed by atoms with van der Waals surface area (Å²) in [7, 11) is 2.25. The molecule has 2 saturated carbocycles. The molecule has 2 aliphatic carbocycles. The van der Waals surface area contributed by atoms with Gasteiger partial charge < -0.3 is 9.64 Å². The molecule has 1 aromatic heterocycles. The number of rotatable bonds is 5.